The zero-order chi connectivity index (χ0) is 24.8. The first-order chi connectivity index (χ1) is 16.9. The van der Waals surface area contributed by atoms with Crippen LogP contribution in [0.1, 0.15) is 31.7 Å². The van der Waals surface area contributed by atoms with Gasteiger partial charge < -0.3 is 15.0 Å². The van der Waals surface area contributed by atoms with Crippen LogP contribution < -0.4 is 15.1 Å². The second-order valence-corrected chi connectivity index (χ2v) is 8.42. The predicted octanol–water partition coefficient (Wildman–Crippen LogP) is 5.23. The number of nitrogens with one attached hydrogen (secondary N) is 1. The van der Waals surface area contributed by atoms with Crippen LogP contribution in [0, 0.1) is 0 Å². The zero-order valence-electron chi connectivity index (χ0n) is 19.5. The van der Waals surface area contributed by atoms with E-state index in [1.807, 2.05) is 13.0 Å². The number of nitrogens with zero attached hydrogens (tertiary/aromatic N) is 4. The molecule has 1 atom stereocenters. The lowest BCUT2D eigenvalue weighted by atomic mass is 10.1. The minimum Gasteiger partial charge on any atom is -0.483 e. The molecule has 186 valence electrons. The molecule has 2 bridgehead atoms. The molecule has 0 unspecified atom stereocenters. The number of ether oxygens (including phenoxy) is 1. The summed E-state index contributed by atoms with van der Waals surface area (Å²) in [5.74, 6) is 0.481. The van der Waals surface area contributed by atoms with Crippen LogP contribution in [0.4, 0.5) is 29.5 Å². The molecule has 1 aromatic carbocycles. The fourth-order valence-corrected chi connectivity index (χ4v) is 4.29. The third-order valence-electron chi connectivity index (χ3n) is 5.99. The van der Waals surface area contributed by atoms with E-state index in [4.69, 9.17) is 4.74 Å². The van der Waals surface area contributed by atoms with Crippen LogP contribution in [0.25, 0.3) is 11.3 Å². The van der Waals surface area contributed by atoms with E-state index in [0.29, 0.717) is 36.8 Å². The van der Waals surface area contributed by atoms with Gasteiger partial charge in [-0.2, -0.15) is 13.2 Å². The molecule has 2 aromatic rings. The maximum Gasteiger partial charge on any atom is 0.416 e. The lowest BCUT2D eigenvalue weighted by Crippen LogP contribution is -2.50. The molecule has 1 N–H and O–H groups in total. The fourth-order valence-electron chi connectivity index (χ4n) is 4.29. The first-order valence-corrected chi connectivity index (χ1v) is 11.6. The lowest BCUT2D eigenvalue weighted by molar-refractivity contribution is -0.137. The zero-order valence-corrected chi connectivity index (χ0v) is 19.5. The van der Waals surface area contributed by atoms with Crippen LogP contribution in [0.5, 0.6) is 0 Å². The van der Waals surface area contributed by atoms with Gasteiger partial charge >= 0.3 is 12.2 Å². The largest absolute Gasteiger partial charge is 0.483 e. The average Bonchev–Trinajstić information content (AvgIpc) is 3.26. The SMILES string of the molecule is C/C=C\N=COCCCCNC(=O)N1c2nc(-c3cccc(C(F)(F)F)c3)ccc2N2CC[C@H]1C2. The second kappa shape index (κ2) is 10.8. The maximum atomic E-state index is 13.2. The van der Waals surface area contributed by atoms with Crippen LogP contribution in [-0.4, -0.2) is 49.7 Å². The normalized spacial score (nSPS) is 17.3. The Kier molecular flexibility index (Phi) is 7.57. The van der Waals surface area contributed by atoms with Gasteiger partial charge in [-0.25, -0.2) is 14.8 Å². The Morgan fingerprint density at radius 3 is 2.94 bits per heavy atom. The van der Waals surface area contributed by atoms with Crippen LogP contribution in [0.15, 0.2) is 53.7 Å². The first kappa shape index (κ1) is 24.6. The van der Waals surface area contributed by atoms with E-state index in [1.54, 1.807) is 29.3 Å². The number of alkyl halides is 3. The molecule has 1 fully saturated rings. The summed E-state index contributed by atoms with van der Waals surface area (Å²) in [5.41, 5.74) is 0.837. The molecule has 4 rings (SSSR count). The summed E-state index contributed by atoms with van der Waals surface area (Å²) in [6.45, 7) is 4.36. The number of halogens is 3. The van der Waals surface area contributed by atoms with Gasteiger partial charge in [0, 0.05) is 31.4 Å². The van der Waals surface area contributed by atoms with Crippen LogP contribution >= 0.6 is 0 Å². The molecule has 10 heteroatoms. The molecule has 0 spiro atoms. The van der Waals surface area contributed by atoms with Gasteiger partial charge in [-0.15, -0.1) is 0 Å². The number of carbonyl (C=O) groups excluding carboxylic acids is 1. The summed E-state index contributed by atoms with van der Waals surface area (Å²) < 4.78 is 44.9. The summed E-state index contributed by atoms with van der Waals surface area (Å²) in [6.07, 6.45) is 2.69. The highest BCUT2D eigenvalue weighted by Crippen LogP contribution is 2.40. The summed E-state index contributed by atoms with van der Waals surface area (Å²) in [4.78, 5) is 25.5. The van der Waals surface area contributed by atoms with Crippen molar-refractivity contribution in [3.8, 4) is 11.3 Å². The molecule has 2 aliphatic rings. The highest BCUT2D eigenvalue weighted by molar-refractivity contribution is 5.97. The molecule has 2 amide bonds. The molecule has 1 aromatic heterocycles. The van der Waals surface area contributed by atoms with Crippen molar-refractivity contribution in [1.29, 1.82) is 0 Å². The van der Waals surface area contributed by atoms with Crippen molar-refractivity contribution in [2.45, 2.75) is 38.4 Å². The summed E-state index contributed by atoms with van der Waals surface area (Å²) in [5, 5.41) is 2.95. The number of amides is 2. The number of allylic oxidation sites excluding steroid dienone is 1. The van der Waals surface area contributed by atoms with Gasteiger partial charge in [0.15, 0.2) is 12.2 Å². The first-order valence-electron chi connectivity index (χ1n) is 11.6. The average molecular weight is 488 g/mol. The minimum atomic E-state index is -4.44. The van der Waals surface area contributed by atoms with Crippen molar-refractivity contribution in [1.82, 2.24) is 10.3 Å². The number of aromatic nitrogens is 1. The van der Waals surface area contributed by atoms with Gasteiger partial charge in [-0.1, -0.05) is 18.2 Å². The molecule has 0 radical (unpaired) electrons. The number of unbranched alkanes of at least 4 members (excludes halogenated alkanes) is 1. The van der Waals surface area contributed by atoms with Gasteiger partial charge in [0.2, 0.25) is 0 Å². The highest BCUT2D eigenvalue weighted by atomic mass is 19.4. The number of rotatable bonds is 8. The highest BCUT2D eigenvalue weighted by Gasteiger charge is 2.40. The summed E-state index contributed by atoms with van der Waals surface area (Å²) in [7, 11) is 0. The van der Waals surface area contributed by atoms with E-state index in [1.165, 1.54) is 12.5 Å². The molecule has 3 heterocycles. The number of fused-ring (bicyclic) bond motifs is 4. The number of hydrogen-bond acceptors (Lipinski definition) is 5. The van der Waals surface area contributed by atoms with Crippen LogP contribution in [0.3, 0.4) is 0 Å². The minimum absolute atomic E-state index is 0.0297. The number of anilines is 2. The Morgan fingerprint density at radius 2 is 2.14 bits per heavy atom. The number of hydrogen-bond donors (Lipinski definition) is 1. The Bertz CT molecular complexity index is 1100. The topological polar surface area (TPSA) is 70.1 Å². The Balaban J connectivity index is 1.45. The standard InChI is InChI=1S/C25H28F3N5O2/c1-2-11-29-17-35-14-4-3-12-30-24(34)33-20-10-13-32(16-20)22-9-8-21(31-23(22)33)18-6-5-7-19(15-18)25(26,27)28/h2,5-9,11,15,17,20H,3-4,10,12-14,16H2,1H3,(H,30,34)/b11-2-,29-17?/t20-/m0/s1. The predicted molar refractivity (Wildman–Crippen MR) is 130 cm³/mol. The van der Waals surface area contributed by atoms with Crippen molar-refractivity contribution in [2.24, 2.45) is 4.99 Å². The number of benzene rings is 1. The van der Waals surface area contributed by atoms with Crippen molar-refractivity contribution in [3.63, 3.8) is 0 Å². The Hall–Kier alpha value is -3.56. The fraction of sp³-hybridized carbons (Fsp3) is 0.400. The molecular formula is C25H28F3N5O2. The lowest BCUT2D eigenvalue weighted by Gasteiger charge is -2.36. The summed E-state index contributed by atoms with van der Waals surface area (Å²) in [6, 6.07) is 8.36. The van der Waals surface area contributed by atoms with Crippen molar-refractivity contribution in [2.75, 3.05) is 36.0 Å². The van der Waals surface area contributed by atoms with Gasteiger partial charge in [-0.3, -0.25) is 4.90 Å². The quantitative estimate of drug-likeness (QED) is 0.314. The second-order valence-electron chi connectivity index (χ2n) is 8.42. The van der Waals surface area contributed by atoms with E-state index in [0.717, 1.165) is 43.6 Å². The van der Waals surface area contributed by atoms with Gasteiger partial charge in [0.25, 0.3) is 0 Å². The molecule has 0 aliphatic carbocycles. The van der Waals surface area contributed by atoms with Crippen molar-refractivity contribution >= 4 is 23.9 Å². The number of carbonyl (C=O) groups is 1. The van der Waals surface area contributed by atoms with E-state index in [9.17, 15) is 18.0 Å². The molecular weight excluding hydrogens is 459 g/mol. The summed E-state index contributed by atoms with van der Waals surface area (Å²) >= 11 is 0. The van der Waals surface area contributed by atoms with Crippen molar-refractivity contribution < 1.29 is 22.7 Å². The molecule has 7 nitrogen and oxygen atoms in total. The molecule has 2 aliphatic heterocycles. The Labute approximate surface area is 202 Å². The smallest absolute Gasteiger partial charge is 0.416 e. The van der Waals surface area contributed by atoms with Crippen molar-refractivity contribution in [3.05, 3.63) is 54.2 Å². The monoisotopic (exact) mass is 487 g/mol. The third kappa shape index (κ3) is 5.75. The number of aliphatic imine (C=N–C) groups is 1. The van der Waals surface area contributed by atoms with E-state index >= 15 is 0 Å². The Morgan fingerprint density at radius 1 is 1.29 bits per heavy atom. The van der Waals surface area contributed by atoms with Gasteiger partial charge in [0.1, 0.15) is 0 Å². The number of urea groups is 1. The maximum absolute atomic E-state index is 13.2. The third-order valence-corrected chi connectivity index (χ3v) is 5.99. The molecule has 1 saturated heterocycles. The van der Waals surface area contributed by atoms with E-state index in [2.05, 4.69) is 20.2 Å². The van der Waals surface area contributed by atoms with E-state index < -0.39 is 11.7 Å². The van der Waals surface area contributed by atoms with Gasteiger partial charge in [-0.05, 0) is 50.5 Å². The molecule has 35 heavy (non-hydrogen) atoms. The number of pyridine rings is 1. The van der Waals surface area contributed by atoms with E-state index in [-0.39, 0.29) is 12.1 Å². The van der Waals surface area contributed by atoms with Gasteiger partial charge in [0.05, 0.1) is 29.6 Å². The van der Waals surface area contributed by atoms with Crippen LogP contribution in [0.2, 0.25) is 0 Å². The van der Waals surface area contributed by atoms with Crippen LogP contribution in [-0.2, 0) is 10.9 Å². The molecule has 0 saturated carbocycles.